The van der Waals surface area contributed by atoms with Gasteiger partial charge >= 0.3 is 0 Å². The van der Waals surface area contributed by atoms with Gasteiger partial charge in [0.15, 0.2) is 0 Å². The van der Waals surface area contributed by atoms with Gasteiger partial charge in [0.1, 0.15) is 10.9 Å². The van der Waals surface area contributed by atoms with Crippen LogP contribution in [-0.2, 0) is 17.9 Å². The van der Waals surface area contributed by atoms with Crippen molar-refractivity contribution >= 4 is 23.4 Å². The normalized spacial score (nSPS) is 10.9. The maximum atomic E-state index is 11.2. The molecule has 0 fully saturated rings. The Morgan fingerprint density at radius 3 is 2.72 bits per heavy atom. The lowest BCUT2D eigenvalue weighted by atomic mass is 10.1. The lowest BCUT2D eigenvalue weighted by Crippen LogP contribution is -2.21. The number of nitro benzene ring substituents is 1. The van der Waals surface area contributed by atoms with Crippen molar-refractivity contribution in [2.45, 2.75) is 56.6 Å². The van der Waals surface area contributed by atoms with Gasteiger partial charge in [-0.15, -0.1) is 0 Å². The number of imidazole rings is 1. The summed E-state index contributed by atoms with van der Waals surface area (Å²) in [5, 5.41) is 14.7. The standard InChI is InChI=1S/C17H22N4O3S/c1-5-20-15(10-18-12(4)22)19-16(11(2)3)17(20)25-14-8-6-7-13(9-14)21(23)24/h6-9,11H,5,10H2,1-4H3,(H,18,22). The van der Waals surface area contributed by atoms with Crippen LogP contribution in [0.15, 0.2) is 34.2 Å². The van der Waals surface area contributed by atoms with Gasteiger partial charge in [0.25, 0.3) is 5.69 Å². The highest BCUT2D eigenvalue weighted by Crippen LogP contribution is 2.36. The van der Waals surface area contributed by atoms with Gasteiger partial charge in [0.2, 0.25) is 5.91 Å². The number of non-ortho nitro benzene ring substituents is 1. The van der Waals surface area contributed by atoms with Gasteiger partial charge in [0, 0.05) is 30.5 Å². The Labute approximate surface area is 151 Å². The lowest BCUT2D eigenvalue weighted by molar-refractivity contribution is -0.385. The van der Waals surface area contributed by atoms with Crippen LogP contribution in [0, 0.1) is 10.1 Å². The summed E-state index contributed by atoms with van der Waals surface area (Å²) in [6.07, 6.45) is 0. The second-order valence-corrected chi connectivity index (χ2v) is 6.95. The monoisotopic (exact) mass is 362 g/mol. The minimum atomic E-state index is -0.396. The summed E-state index contributed by atoms with van der Waals surface area (Å²) in [4.78, 5) is 27.3. The fraction of sp³-hybridized carbons (Fsp3) is 0.412. The number of amides is 1. The van der Waals surface area contributed by atoms with Crippen molar-refractivity contribution in [3.05, 3.63) is 45.9 Å². The molecule has 0 spiro atoms. The molecule has 1 N–H and O–H groups in total. The van der Waals surface area contributed by atoms with Gasteiger partial charge in [-0.3, -0.25) is 14.9 Å². The van der Waals surface area contributed by atoms with E-state index in [4.69, 9.17) is 4.98 Å². The lowest BCUT2D eigenvalue weighted by Gasteiger charge is -2.11. The first kappa shape index (κ1) is 19.0. The first-order valence-electron chi connectivity index (χ1n) is 8.09. The average Bonchev–Trinajstić information content (AvgIpc) is 2.90. The zero-order valence-electron chi connectivity index (χ0n) is 14.8. The fourth-order valence-corrected chi connectivity index (χ4v) is 3.70. The topological polar surface area (TPSA) is 90.1 Å². The predicted molar refractivity (Wildman–Crippen MR) is 96.7 cm³/mol. The number of hydrogen-bond acceptors (Lipinski definition) is 5. The molecule has 1 amide bonds. The molecule has 0 bridgehead atoms. The van der Waals surface area contributed by atoms with Gasteiger partial charge in [-0.05, 0) is 18.9 Å². The predicted octanol–water partition coefficient (Wildman–Crippen LogP) is 3.72. The second-order valence-electron chi connectivity index (χ2n) is 5.88. The van der Waals surface area contributed by atoms with Crippen LogP contribution in [0.25, 0.3) is 0 Å². The van der Waals surface area contributed by atoms with E-state index < -0.39 is 4.92 Å². The molecular weight excluding hydrogens is 340 g/mol. The van der Waals surface area contributed by atoms with E-state index in [1.54, 1.807) is 12.1 Å². The third-order valence-electron chi connectivity index (χ3n) is 3.63. The van der Waals surface area contributed by atoms with Gasteiger partial charge in [-0.1, -0.05) is 31.7 Å². The van der Waals surface area contributed by atoms with E-state index >= 15 is 0 Å². The van der Waals surface area contributed by atoms with Crippen LogP contribution in [0.2, 0.25) is 0 Å². The van der Waals surface area contributed by atoms with Crippen LogP contribution in [0.1, 0.15) is 45.1 Å². The average molecular weight is 362 g/mol. The summed E-state index contributed by atoms with van der Waals surface area (Å²) < 4.78 is 2.05. The molecule has 1 heterocycles. The Morgan fingerprint density at radius 1 is 1.44 bits per heavy atom. The highest BCUT2D eigenvalue weighted by atomic mass is 32.2. The Kier molecular flexibility index (Phi) is 6.19. The molecule has 0 aliphatic heterocycles. The van der Waals surface area contributed by atoms with E-state index in [2.05, 4.69) is 23.7 Å². The molecule has 2 rings (SSSR count). The molecule has 134 valence electrons. The van der Waals surface area contributed by atoms with Crippen LogP contribution in [0.5, 0.6) is 0 Å². The third-order valence-corrected chi connectivity index (χ3v) is 4.74. The summed E-state index contributed by atoms with van der Waals surface area (Å²) in [6, 6.07) is 6.57. The van der Waals surface area contributed by atoms with E-state index in [0.29, 0.717) is 13.1 Å². The minimum Gasteiger partial charge on any atom is -0.349 e. The van der Waals surface area contributed by atoms with Crippen molar-refractivity contribution < 1.29 is 9.72 Å². The first-order valence-corrected chi connectivity index (χ1v) is 8.91. The SMILES string of the molecule is CCn1c(CNC(C)=O)nc(C(C)C)c1Sc1cccc([N+](=O)[O-])c1. The van der Waals surface area contributed by atoms with Crippen molar-refractivity contribution in [2.24, 2.45) is 0 Å². The van der Waals surface area contributed by atoms with Crippen molar-refractivity contribution in [3.8, 4) is 0 Å². The number of nitrogens with zero attached hydrogens (tertiary/aromatic N) is 3. The van der Waals surface area contributed by atoms with Crippen molar-refractivity contribution in [2.75, 3.05) is 0 Å². The number of rotatable bonds is 7. The van der Waals surface area contributed by atoms with Crippen LogP contribution in [-0.4, -0.2) is 20.4 Å². The Morgan fingerprint density at radius 2 is 2.16 bits per heavy atom. The summed E-state index contributed by atoms with van der Waals surface area (Å²) in [5.41, 5.74) is 0.996. The molecule has 0 aliphatic rings. The molecule has 0 radical (unpaired) electrons. The van der Waals surface area contributed by atoms with E-state index in [0.717, 1.165) is 21.4 Å². The molecule has 25 heavy (non-hydrogen) atoms. The highest BCUT2D eigenvalue weighted by Gasteiger charge is 2.20. The molecule has 1 aromatic carbocycles. The van der Waals surface area contributed by atoms with Gasteiger partial charge < -0.3 is 9.88 Å². The molecule has 7 nitrogen and oxygen atoms in total. The molecule has 8 heteroatoms. The van der Waals surface area contributed by atoms with E-state index in [1.807, 2.05) is 13.0 Å². The number of carbonyl (C=O) groups is 1. The quantitative estimate of drug-likeness (QED) is 0.599. The number of benzene rings is 1. The molecule has 0 saturated heterocycles. The molecule has 0 saturated carbocycles. The Hall–Kier alpha value is -2.35. The van der Waals surface area contributed by atoms with Crippen molar-refractivity contribution in [3.63, 3.8) is 0 Å². The largest absolute Gasteiger partial charge is 0.349 e. The molecule has 0 unspecified atom stereocenters. The van der Waals surface area contributed by atoms with Gasteiger partial charge in [-0.25, -0.2) is 4.98 Å². The number of aromatic nitrogens is 2. The van der Waals surface area contributed by atoms with Crippen LogP contribution in [0.3, 0.4) is 0 Å². The fourth-order valence-electron chi connectivity index (χ4n) is 2.42. The summed E-state index contributed by atoms with van der Waals surface area (Å²) >= 11 is 1.46. The molecule has 2 aromatic rings. The van der Waals surface area contributed by atoms with Crippen LogP contribution < -0.4 is 5.32 Å². The summed E-state index contributed by atoms with van der Waals surface area (Å²) in [6.45, 7) is 8.66. The summed E-state index contributed by atoms with van der Waals surface area (Å²) in [5.74, 6) is 0.879. The molecular formula is C17H22N4O3S. The zero-order valence-corrected chi connectivity index (χ0v) is 15.6. The summed E-state index contributed by atoms with van der Waals surface area (Å²) in [7, 11) is 0. The first-order chi connectivity index (χ1) is 11.8. The maximum absolute atomic E-state index is 11.2. The van der Waals surface area contributed by atoms with Crippen molar-refractivity contribution in [1.29, 1.82) is 0 Å². The van der Waals surface area contributed by atoms with Crippen LogP contribution >= 0.6 is 11.8 Å². The van der Waals surface area contributed by atoms with Gasteiger partial charge in [-0.2, -0.15) is 0 Å². The molecule has 0 atom stereocenters. The number of nitro groups is 1. The second kappa shape index (κ2) is 8.15. The number of carbonyl (C=O) groups excluding carboxylic acids is 1. The maximum Gasteiger partial charge on any atom is 0.270 e. The number of hydrogen-bond donors (Lipinski definition) is 1. The molecule has 0 aliphatic carbocycles. The van der Waals surface area contributed by atoms with Crippen molar-refractivity contribution in [1.82, 2.24) is 14.9 Å². The van der Waals surface area contributed by atoms with Crippen LogP contribution in [0.4, 0.5) is 5.69 Å². The van der Waals surface area contributed by atoms with E-state index in [1.165, 1.54) is 24.8 Å². The Balaban J connectivity index is 2.42. The zero-order chi connectivity index (χ0) is 18.6. The smallest absolute Gasteiger partial charge is 0.270 e. The third kappa shape index (κ3) is 4.60. The molecule has 1 aromatic heterocycles. The van der Waals surface area contributed by atoms with E-state index in [9.17, 15) is 14.9 Å². The highest BCUT2D eigenvalue weighted by molar-refractivity contribution is 7.99. The van der Waals surface area contributed by atoms with E-state index in [-0.39, 0.29) is 17.5 Å². The van der Waals surface area contributed by atoms with Gasteiger partial charge in [0.05, 0.1) is 17.2 Å². The number of nitrogens with one attached hydrogen (secondary N) is 1. The Bertz CT molecular complexity index is 786. The minimum absolute atomic E-state index is 0.0668.